The lowest BCUT2D eigenvalue weighted by Crippen LogP contribution is -2.61. The van der Waals surface area contributed by atoms with Crippen LogP contribution in [0.25, 0.3) is 0 Å². The van der Waals surface area contributed by atoms with Crippen molar-refractivity contribution < 1.29 is 28.8 Å². The van der Waals surface area contributed by atoms with Gasteiger partial charge in [-0.2, -0.15) is 0 Å². The van der Waals surface area contributed by atoms with Crippen LogP contribution in [-0.2, 0) is 19.2 Å². The van der Waals surface area contributed by atoms with Crippen LogP contribution >= 0.6 is 0 Å². The lowest BCUT2D eigenvalue weighted by atomic mass is 9.94. The zero-order chi connectivity index (χ0) is 41.5. The van der Waals surface area contributed by atoms with Crippen LogP contribution in [0.4, 0.5) is 0 Å². The summed E-state index contributed by atoms with van der Waals surface area (Å²) in [5.41, 5.74) is 3.04. The summed E-state index contributed by atoms with van der Waals surface area (Å²) in [5.74, 6) is -2.38. The van der Waals surface area contributed by atoms with Gasteiger partial charge in [-0.3, -0.25) is 28.8 Å². The molecule has 2 aliphatic heterocycles. The number of benzene rings is 3. The maximum absolute atomic E-state index is 14.0. The first-order chi connectivity index (χ1) is 28.7. The van der Waals surface area contributed by atoms with E-state index in [1.807, 2.05) is 43.3 Å². The van der Waals surface area contributed by atoms with E-state index < -0.39 is 17.9 Å². The fraction of sp³-hybridized carbons (Fsp3) is 0.489. The number of hydrogen-bond acceptors (Lipinski definition) is 6. The van der Waals surface area contributed by atoms with E-state index in [0.717, 1.165) is 38.5 Å². The van der Waals surface area contributed by atoms with E-state index in [4.69, 9.17) is 0 Å². The Morgan fingerprint density at radius 1 is 0.576 bits per heavy atom. The first-order valence-electron chi connectivity index (χ1n) is 21.6. The second-order valence-corrected chi connectivity index (χ2v) is 16.7. The molecular weight excluding hydrogens is 745 g/mol. The highest BCUT2D eigenvalue weighted by atomic mass is 16.2. The number of nitrogens with one attached hydrogen (secondary N) is 3. The molecule has 0 aromatic heterocycles. The summed E-state index contributed by atoms with van der Waals surface area (Å²) in [4.78, 5) is 86.7. The number of hydrogen-bond donors (Lipinski definition) is 3. The molecule has 3 aromatic rings. The summed E-state index contributed by atoms with van der Waals surface area (Å²) in [6.45, 7) is 5.40. The van der Waals surface area contributed by atoms with Crippen molar-refractivity contribution in [2.75, 3.05) is 39.3 Å². The summed E-state index contributed by atoms with van der Waals surface area (Å²) >= 11 is 0. The van der Waals surface area contributed by atoms with E-state index in [2.05, 4.69) is 47.1 Å². The molecule has 6 amide bonds. The van der Waals surface area contributed by atoms with Gasteiger partial charge in [0.25, 0.3) is 11.8 Å². The maximum Gasteiger partial charge on any atom is 0.253 e. The minimum Gasteiger partial charge on any atom is -0.354 e. The van der Waals surface area contributed by atoms with Gasteiger partial charge in [0.1, 0.15) is 6.04 Å². The number of carbonyl (C=O) groups is 6. The number of likely N-dealkylation sites (tertiary alicyclic amines) is 1. The van der Waals surface area contributed by atoms with Crippen LogP contribution in [-0.4, -0.2) is 108 Å². The number of rotatable bonds is 16. The molecule has 2 aliphatic carbocycles. The minimum absolute atomic E-state index is 0.0191. The Hall–Kier alpha value is -5.52. The molecule has 0 radical (unpaired) electrons. The van der Waals surface area contributed by atoms with Gasteiger partial charge in [-0.1, -0.05) is 93.8 Å². The molecule has 2 saturated heterocycles. The molecule has 3 aromatic carbocycles. The highest BCUT2D eigenvalue weighted by molar-refractivity contribution is 6.00. The summed E-state index contributed by atoms with van der Waals surface area (Å²) in [5, 5.41) is 9.34. The van der Waals surface area contributed by atoms with E-state index in [1.54, 1.807) is 39.0 Å². The Morgan fingerprint density at radius 3 is 1.61 bits per heavy atom. The van der Waals surface area contributed by atoms with Crippen molar-refractivity contribution in [3.8, 4) is 0 Å². The molecule has 1 unspecified atom stereocenters. The first kappa shape index (κ1) is 41.6. The highest BCUT2D eigenvalue weighted by Gasteiger charge is 2.49. The molecule has 4 fully saturated rings. The number of nitrogens with zero attached hydrogens (tertiary/aromatic N) is 3. The van der Waals surface area contributed by atoms with Crippen LogP contribution in [0.5, 0.6) is 0 Å². The molecular formula is C47H58N6O6. The standard InChI is InChI=1S/C47H58N6O6/c1-3-5-6-13-23-48-45(57)41-30-51(24-25-53(41)42(54)14-4-2)46(58)33-19-21-34(22-20-33)47(59)52-28-37(43(55)49-39-26-35(39)31-15-9-7-10-16-31)38(29-52)44(56)50-40-27-36(40)32-17-11-8-12-18-32/h7-12,15-22,35-41H,3-6,13-14,23-30H2,1-2H3,(H,48,57)(H,49,55)(H,50,56)/t35-,36-,37-,38-,39+,40+,41?/m1/s1. The van der Waals surface area contributed by atoms with Crippen molar-refractivity contribution in [3.63, 3.8) is 0 Å². The molecule has 0 spiro atoms. The molecule has 2 heterocycles. The van der Waals surface area contributed by atoms with Gasteiger partial charge in [0.2, 0.25) is 23.6 Å². The Morgan fingerprint density at radius 2 is 1.10 bits per heavy atom. The molecule has 12 nitrogen and oxygen atoms in total. The molecule has 7 atom stereocenters. The monoisotopic (exact) mass is 802 g/mol. The second kappa shape index (κ2) is 19.0. The van der Waals surface area contributed by atoms with Gasteiger partial charge in [0.05, 0.1) is 18.4 Å². The fourth-order valence-corrected chi connectivity index (χ4v) is 8.78. The van der Waals surface area contributed by atoms with Gasteiger partial charge < -0.3 is 30.7 Å². The summed E-state index contributed by atoms with van der Waals surface area (Å²) in [7, 11) is 0. The second-order valence-electron chi connectivity index (χ2n) is 16.7. The van der Waals surface area contributed by atoms with E-state index in [0.29, 0.717) is 30.5 Å². The van der Waals surface area contributed by atoms with Crippen molar-refractivity contribution in [2.24, 2.45) is 11.8 Å². The van der Waals surface area contributed by atoms with Gasteiger partial charge in [-0.25, -0.2) is 0 Å². The smallest absolute Gasteiger partial charge is 0.253 e. The van der Waals surface area contributed by atoms with Crippen molar-refractivity contribution in [2.45, 2.75) is 95.2 Å². The van der Waals surface area contributed by atoms with Crippen LogP contribution in [0.15, 0.2) is 84.9 Å². The van der Waals surface area contributed by atoms with E-state index in [-0.39, 0.29) is 92.1 Å². The van der Waals surface area contributed by atoms with Gasteiger partial charge in [-0.05, 0) is 61.1 Å². The normalized spacial score (nSPS) is 24.6. The van der Waals surface area contributed by atoms with E-state index in [9.17, 15) is 28.8 Å². The molecule has 7 rings (SSSR count). The first-order valence-corrected chi connectivity index (χ1v) is 21.6. The third-order valence-electron chi connectivity index (χ3n) is 12.4. The Labute approximate surface area is 347 Å². The van der Waals surface area contributed by atoms with Gasteiger partial charge in [0, 0.05) is 74.2 Å². The summed E-state index contributed by atoms with van der Waals surface area (Å²) < 4.78 is 0. The number of amides is 6. The summed E-state index contributed by atoms with van der Waals surface area (Å²) in [6.07, 6.45) is 6.70. The average Bonchev–Trinajstić information content (AvgIpc) is 4.18. The van der Waals surface area contributed by atoms with Crippen molar-refractivity contribution in [1.82, 2.24) is 30.7 Å². The maximum atomic E-state index is 14.0. The molecule has 59 heavy (non-hydrogen) atoms. The number of carbonyl (C=O) groups excluding carboxylic acids is 6. The highest BCUT2D eigenvalue weighted by Crippen LogP contribution is 2.42. The van der Waals surface area contributed by atoms with E-state index >= 15 is 0 Å². The molecule has 312 valence electrons. The van der Waals surface area contributed by atoms with Gasteiger partial charge in [-0.15, -0.1) is 0 Å². The minimum atomic E-state index is -0.780. The third kappa shape index (κ3) is 10.0. The topological polar surface area (TPSA) is 148 Å². The lowest BCUT2D eigenvalue weighted by molar-refractivity contribution is -0.143. The Kier molecular flexibility index (Phi) is 13.4. The van der Waals surface area contributed by atoms with Crippen LogP contribution in [0.3, 0.4) is 0 Å². The van der Waals surface area contributed by atoms with Crippen molar-refractivity contribution >= 4 is 35.4 Å². The number of unbranched alkanes of at least 4 members (excludes halogenated alkanes) is 3. The molecule has 3 N–H and O–H groups in total. The summed E-state index contributed by atoms with van der Waals surface area (Å²) in [6, 6.07) is 25.7. The Balaban J connectivity index is 0.998. The predicted octanol–water partition coefficient (Wildman–Crippen LogP) is 4.87. The van der Waals surface area contributed by atoms with Crippen LogP contribution in [0, 0.1) is 11.8 Å². The van der Waals surface area contributed by atoms with Crippen molar-refractivity contribution in [1.29, 1.82) is 0 Å². The average molecular weight is 803 g/mol. The molecule has 4 aliphatic rings. The van der Waals surface area contributed by atoms with Crippen LogP contribution in [0.2, 0.25) is 0 Å². The SMILES string of the molecule is CCCCCCNC(=O)C1CN(C(=O)c2ccc(C(=O)N3C[C@@H](C(=O)N[C@H]4C[C@@H]4c4ccccc4)[C@H](C(=O)N[C@H]4C[C@@H]4c4ccccc4)C3)cc2)CCN1C(=O)CCC. The third-order valence-corrected chi connectivity index (χ3v) is 12.4. The Bertz CT molecular complexity index is 1900. The zero-order valence-corrected chi connectivity index (χ0v) is 34.3. The number of piperazine rings is 1. The zero-order valence-electron chi connectivity index (χ0n) is 34.3. The van der Waals surface area contributed by atoms with Crippen LogP contribution < -0.4 is 16.0 Å². The molecule has 12 heteroatoms. The molecule has 0 bridgehead atoms. The molecule has 2 saturated carbocycles. The van der Waals surface area contributed by atoms with Gasteiger partial charge in [0.15, 0.2) is 0 Å². The van der Waals surface area contributed by atoms with Crippen LogP contribution in [0.1, 0.15) is 109 Å². The fourth-order valence-electron chi connectivity index (χ4n) is 8.78. The van der Waals surface area contributed by atoms with E-state index in [1.165, 1.54) is 11.1 Å². The van der Waals surface area contributed by atoms with Gasteiger partial charge >= 0.3 is 0 Å². The van der Waals surface area contributed by atoms with Crippen molar-refractivity contribution in [3.05, 3.63) is 107 Å². The largest absolute Gasteiger partial charge is 0.354 e. The predicted molar refractivity (Wildman–Crippen MR) is 224 cm³/mol. The lowest BCUT2D eigenvalue weighted by Gasteiger charge is -2.40. The quantitative estimate of drug-likeness (QED) is 0.176.